The number of nitrogens with zero attached hydrogens (tertiary/aromatic N) is 4. The first-order valence-electron chi connectivity index (χ1n) is 10.9. The molecule has 0 spiro atoms. The van der Waals surface area contributed by atoms with E-state index in [-0.39, 0.29) is 22.9 Å². The average molecular weight is 499 g/mol. The van der Waals surface area contributed by atoms with E-state index in [2.05, 4.69) is 16.8 Å². The van der Waals surface area contributed by atoms with Crippen LogP contribution < -0.4 is 9.47 Å². The summed E-state index contributed by atoms with van der Waals surface area (Å²) in [4.78, 5) is 14.8. The maximum atomic E-state index is 14.3. The van der Waals surface area contributed by atoms with Crippen LogP contribution in [0.4, 0.5) is 4.39 Å². The number of halogens is 1. The molecule has 1 fully saturated rings. The molecule has 10 heteroatoms. The minimum absolute atomic E-state index is 0.0656. The molecule has 1 aromatic heterocycles. The summed E-state index contributed by atoms with van der Waals surface area (Å²) >= 11 is 2.88. The highest BCUT2D eigenvalue weighted by Crippen LogP contribution is 2.40. The number of para-hydroxylation sites is 2. The highest BCUT2D eigenvalue weighted by atomic mass is 32.2. The highest BCUT2D eigenvalue weighted by molar-refractivity contribution is 8.00. The SMILES string of the molecule is C=CCn1c(SCC(=O)N2CCS[C@H]2c2ccccc2F)nnc1[C@@H]1COc2ccccc2O1. The third-order valence-electron chi connectivity index (χ3n) is 5.56. The lowest BCUT2D eigenvalue weighted by atomic mass is 10.2. The number of thioether (sulfide) groups is 2. The van der Waals surface area contributed by atoms with E-state index in [0.29, 0.717) is 47.7 Å². The molecule has 3 heterocycles. The molecule has 3 aromatic rings. The maximum Gasteiger partial charge on any atom is 0.234 e. The van der Waals surface area contributed by atoms with E-state index in [4.69, 9.17) is 9.47 Å². The number of hydrogen-bond acceptors (Lipinski definition) is 7. The number of aromatic nitrogens is 3. The van der Waals surface area contributed by atoms with E-state index in [9.17, 15) is 9.18 Å². The van der Waals surface area contributed by atoms with Crippen LogP contribution in [-0.2, 0) is 11.3 Å². The van der Waals surface area contributed by atoms with Crippen molar-refractivity contribution in [2.24, 2.45) is 0 Å². The normalized spacial score (nSPS) is 19.3. The van der Waals surface area contributed by atoms with Crippen LogP contribution in [0.3, 0.4) is 0 Å². The monoisotopic (exact) mass is 498 g/mol. The Labute approximate surface area is 205 Å². The van der Waals surface area contributed by atoms with Gasteiger partial charge < -0.3 is 14.4 Å². The summed E-state index contributed by atoms with van der Waals surface area (Å²) in [7, 11) is 0. The summed E-state index contributed by atoms with van der Waals surface area (Å²) in [6.07, 6.45) is 1.33. The number of hydrogen-bond donors (Lipinski definition) is 0. The van der Waals surface area contributed by atoms with Gasteiger partial charge in [0.15, 0.2) is 28.6 Å². The van der Waals surface area contributed by atoms with Gasteiger partial charge in [0.25, 0.3) is 0 Å². The molecule has 176 valence electrons. The largest absolute Gasteiger partial charge is 0.485 e. The molecule has 1 saturated heterocycles. The number of benzene rings is 2. The van der Waals surface area contributed by atoms with E-state index in [1.807, 2.05) is 28.8 Å². The van der Waals surface area contributed by atoms with Gasteiger partial charge in [0, 0.05) is 24.4 Å². The lowest BCUT2D eigenvalue weighted by Gasteiger charge is -2.26. The van der Waals surface area contributed by atoms with E-state index in [1.54, 1.807) is 40.9 Å². The molecule has 5 rings (SSSR count). The number of carbonyl (C=O) groups excluding carboxylic acids is 1. The van der Waals surface area contributed by atoms with Crippen LogP contribution >= 0.6 is 23.5 Å². The molecule has 2 aromatic carbocycles. The first kappa shape index (κ1) is 22.8. The van der Waals surface area contributed by atoms with E-state index < -0.39 is 6.10 Å². The van der Waals surface area contributed by atoms with Crippen molar-refractivity contribution in [3.63, 3.8) is 0 Å². The second-order valence-electron chi connectivity index (χ2n) is 7.72. The summed E-state index contributed by atoms with van der Waals surface area (Å²) in [5.41, 5.74) is 0.537. The van der Waals surface area contributed by atoms with Crippen LogP contribution in [0.2, 0.25) is 0 Å². The minimum atomic E-state index is -0.423. The van der Waals surface area contributed by atoms with E-state index in [1.165, 1.54) is 17.8 Å². The zero-order valence-corrected chi connectivity index (χ0v) is 19.9. The zero-order valence-electron chi connectivity index (χ0n) is 18.3. The Morgan fingerprint density at radius 1 is 1.21 bits per heavy atom. The second-order valence-corrected chi connectivity index (χ2v) is 9.86. The van der Waals surface area contributed by atoms with Crippen LogP contribution in [0.5, 0.6) is 11.5 Å². The Balaban J connectivity index is 1.29. The first-order chi connectivity index (χ1) is 16.7. The fraction of sp³-hybridized carbons (Fsp3) is 0.292. The third-order valence-corrected chi connectivity index (χ3v) is 7.76. The van der Waals surface area contributed by atoms with Gasteiger partial charge in [-0.05, 0) is 18.2 Å². The quantitative estimate of drug-likeness (QED) is 0.351. The number of amides is 1. The van der Waals surface area contributed by atoms with Gasteiger partial charge in [-0.25, -0.2) is 4.39 Å². The van der Waals surface area contributed by atoms with Crippen molar-refractivity contribution in [1.82, 2.24) is 19.7 Å². The van der Waals surface area contributed by atoms with Gasteiger partial charge >= 0.3 is 0 Å². The fourth-order valence-electron chi connectivity index (χ4n) is 3.96. The molecule has 0 unspecified atom stereocenters. The van der Waals surface area contributed by atoms with Crippen LogP contribution in [-0.4, -0.2) is 50.2 Å². The van der Waals surface area contributed by atoms with Crippen molar-refractivity contribution >= 4 is 29.4 Å². The van der Waals surface area contributed by atoms with Crippen LogP contribution in [0.1, 0.15) is 22.9 Å². The Kier molecular flexibility index (Phi) is 6.77. The molecular formula is C24H23FN4O3S2. The van der Waals surface area contributed by atoms with Crippen LogP contribution in [0.25, 0.3) is 0 Å². The Morgan fingerprint density at radius 3 is 2.82 bits per heavy atom. The average Bonchev–Trinajstić information content (AvgIpc) is 3.50. The zero-order chi connectivity index (χ0) is 23.5. The smallest absolute Gasteiger partial charge is 0.234 e. The van der Waals surface area contributed by atoms with Gasteiger partial charge in [0.1, 0.15) is 17.8 Å². The van der Waals surface area contributed by atoms with Gasteiger partial charge in [-0.15, -0.1) is 28.5 Å². The topological polar surface area (TPSA) is 69.5 Å². The van der Waals surface area contributed by atoms with Crippen molar-refractivity contribution in [3.8, 4) is 11.5 Å². The molecule has 2 atom stereocenters. The van der Waals surface area contributed by atoms with Crippen molar-refractivity contribution in [2.45, 2.75) is 23.2 Å². The predicted octanol–water partition coefficient (Wildman–Crippen LogP) is 4.48. The number of fused-ring (bicyclic) bond motifs is 1. The van der Waals surface area contributed by atoms with Gasteiger partial charge in [-0.3, -0.25) is 9.36 Å². The molecule has 1 amide bonds. The number of ether oxygens (including phenoxy) is 2. The summed E-state index contributed by atoms with van der Waals surface area (Å²) in [5, 5.41) is 8.94. The molecule has 0 bridgehead atoms. The summed E-state index contributed by atoms with van der Waals surface area (Å²) in [6, 6.07) is 14.1. The molecule has 2 aliphatic heterocycles. The van der Waals surface area contributed by atoms with Gasteiger partial charge in [-0.2, -0.15) is 0 Å². The van der Waals surface area contributed by atoms with Crippen molar-refractivity contribution in [3.05, 3.63) is 78.4 Å². The first-order valence-corrected chi connectivity index (χ1v) is 12.9. The fourth-order valence-corrected chi connectivity index (χ4v) is 6.10. The van der Waals surface area contributed by atoms with Crippen LogP contribution in [0, 0.1) is 5.82 Å². The molecule has 0 radical (unpaired) electrons. The summed E-state index contributed by atoms with van der Waals surface area (Å²) < 4.78 is 28.1. The standard InChI is InChI=1S/C24H23FN4O3S2/c1-2-11-29-22(20-14-31-18-9-5-6-10-19(18)32-20)26-27-24(29)34-15-21(30)28-12-13-33-23(28)16-7-3-4-8-17(16)25/h2-10,20,23H,1,11-15H2/t20-,23-/m0/s1. The third kappa shape index (κ3) is 4.52. The van der Waals surface area contributed by atoms with Crippen molar-refractivity contribution < 1.29 is 18.7 Å². The minimum Gasteiger partial charge on any atom is -0.485 e. The lowest BCUT2D eigenvalue weighted by molar-refractivity contribution is -0.128. The van der Waals surface area contributed by atoms with Crippen molar-refractivity contribution in [1.29, 1.82) is 0 Å². The van der Waals surface area contributed by atoms with Gasteiger partial charge in [0.05, 0.1) is 5.75 Å². The Morgan fingerprint density at radius 2 is 2.00 bits per heavy atom. The van der Waals surface area contributed by atoms with Gasteiger partial charge in [0.2, 0.25) is 5.91 Å². The lowest BCUT2D eigenvalue weighted by Crippen LogP contribution is -2.32. The predicted molar refractivity (Wildman–Crippen MR) is 130 cm³/mol. The molecule has 0 N–H and O–H groups in total. The van der Waals surface area contributed by atoms with Crippen molar-refractivity contribution in [2.75, 3.05) is 24.7 Å². The molecule has 2 aliphatic rings. The molecule has 0 aliphatic carbocycles. The summed E-state index contributed by atoms with van der Waals surface area (Å²) in [5.74, 6) is 2.55. The number of allylic oxidation sites excluding steroid dienone is 1. The molecule has 0 saturated carbocycles. The molecule has 7 nitrogen and oxygen atoms in total. The van der Waals surface area contributed by atoms with Gasteiger partial charge in [-0.1, -0.05) is 48.2 Å². The van der Waals surface area contributed by atoms with Crippen LogP contribution in [0.15, 0.2) is 66.3 Å². The second kappa shape index (κ2) is 10.1. The number of rotatable bonds is 7. The number of carbonyl (C=O) groups is 1. The molecule has 34 heavy (non-hydrogen) atoms. The Bertz CT molecular complexity index is 1200. The highest BCUT2D eigenvalue weighted by Gasteiger charge is 2.33. The van der Waals surface area contributed by atoms with E-state index >= 15 is 0 Å². The summed E-state index contributed by atoms with van der Waals surface area (Å²) in [6.45, 7) is 5.20. The maximum absolute atomic E-state index is 14.3. The van der Waals surface area contributed by atoms with E-state index in [0.717, 1.165) is 5.75 Å². The Hall–Kier alpha value is -2.98. The molecular weight excluding hydrogens is 475 g/mol.